The first-order valence-electron chi connectivity index (χ1n) is 6.60. The summed E-state index contributed by atoms with van der Waals surface area (Å²) in [5, 5.41) is 8.71. The Bertz CT molecular complexity index is 410. The van der Waals surface area contributed by atoms with Crippen molar-refractivity contribution in [1.82, 2.24) is 4.90 Å². The van der Waals surface area contributed by atoms with E-state index in [1.54, 1.807) is 7.11 Å². The molecule has 0 bridgehead atoms. The summed E-state index contributed by atoms with van der Waals surface area (Å²) in [6.45, 7) is 2.81. The number of nitriles is 1. The Kier molecular flexibility index (Phi) is 6.34. The minimum absolute atomic E-state index is 0.0529. The molecule has 2 N–H and O–H groups in total. The van der Waals surface area contributed by atoms with Crippen molar-refractivity contribution in [3.05, 3.63) is 29.8 Å². The number of hydrogen-bond donors (Lipinski definition) is 1. The number of methoxy groups -OCH3 is 1. The fourth-order valence-electron chi connectivity index (χ4n) is 2.22. The maximum Gasteiger partial charge on any atom is 0.118 e. The molecule has 0 aliphatic rings. The fourth-order valence-corrected chi connectivity index (χ4v) is 2.22. The van der Waals surface area contributed by atoms with Crippen molar-refractivity contribution in [2.24, 2.45) is 5.73 Å². The molecule has 0 amide bonds. The number of likely N-dealkylation sites (N-methyl/N-ethyl adjacent to an activating group) is 1. The second-order valence-electron chi connectivity index (χ2n) is 4.68. The van der Waals surface area contributed by atoms with Gasteiger partial charge in [-0.25, -0.2) is 0 Å². The first-order valence-corrected chi connectivity index (χ1v) is 6.60. The van der Waals surface area contributed by atoms with Crippen molar-refractivity contribution < 1.29 is 4.74 Å². The third kappa shape index (κ3) is 4.23. The van der Waals surface area contributed by atoms with Crippen LogP contribution in [0.1, 0.15) is 31.4 Å². The number of rotatable bonds is 7. The zero-order valence-corrected chi connectivity index (χ0v) is 12.0. The molecule has 19 heavy (non-hydrogen) atoms. The van der Waals surface area contributed by atoms with Crippen LogP contribution in [0.4, 0.5) is 0 Å². The van der Waals surface area contributed by atoms with E-state index in [0.717, 1.165) is 24.3 Å². The van der Waals surface area contributed by atoms with E-state index in [0.29, 0.717) is 6.42 Å². The highest BCUT2D eigenvalue weighted by Gasteiger charge is 2.22. The van der Waals surface area contributed by atoms with Gasteiger partial charge in [-0.3, -0.25) is 4.90 Å². The summed E-state index contributed by atoms with van der Waals surface area (Å²) in [5.41, 5.74) is 7.40. The van der Waals surface area contributed by atoms with Crippen LogP contribution < -0.4 is 10.5 Å². The van der Waals surface area contributed by atoms with Crippen molar-refractivity contribution in [3.63, 3.8) is 0 Å². The summed E-state index contributed by atoms with van der Waals surface area (Å²) in [7, 11) is 3.67. The average Bonchev–Trinajstić information content (AvgIpc) is 2.45. The van der Waals surface area contributed by atoms with E-state index in [9.17, 15) is 0 Å². The van der Waals surface area contributed by atoms with Crippen molar-refractivity contribution >= 4 is 0 Å². The van der Waals surface area contributed by atoms with E-state index in [4.69, 9.17) is 15.7 Å². The molecule has 4 nitrogen and oxygen atoms in total. The first kappa shape index (κ1) is 15.5. The maximum absolute atomic E-state index is 8.71. The van der Waals surface area contributed by atoms with Crippen molar-refractivity contribution in [2.75, 3.05) is 20.7 Å². The molecule has 0 aliphatic heterocycles. The second-order valence-corrected chi connectivity index (χ2v) is 4.68. The fraction of sp³-hybridized carbons (Fsp3) is 0.533. The summed E-state index contributed by atoms with van der Waals surface area (Å²) in [6.07, 6.45) is 1.41. The molecule has 0 aromatic heterocycles. The van der Waals surface area contributed by atoms with Crippen LogP contribution in [-0.4, -0.2) is 31.6 Å². The lowest BCUT2D eigenvalue weighted by atomic mass is 9.96. The molecule has 0 heterocycles. The van der Waals surface area contributed by atoms with Gasteiger partial charge in [0.25, 0.3) is 0 Å². The summed E-state index contributed by atoms with van der Waals surface area (Å²) < 4.78 is 5.17. The summed E-state index contributed by atoms with van der Waals surface area (Å²) in [4.78, 5) is 2.15. The predicted molar refractivity (Wildman–Crippen MR) is 76.9 cm³/mol. The lowest BCUT2D eigenvalue weighted by Crippen LogP contribution is -2.39. The molecule has 0 aliphatic carbocycles. The third-order valence-corrected chi connectivity index (χ3v) is 3.39. The maximum atomic E-state index is 8.71. The van der Waals surface area contributed by atoms with Crippen LogP contribution in [0.3, 0.4) is 0 Å². The van der Waals surface area contributed by atoms with E-state index in [-0.39, 0.29) is 12.1 Å². The molecule has 2 unspecified atom stereocenters. The average molecular weight is 261 g/mol. The molecule has 1 rings (SSSR count). The third-order valence-electron chi connectivity index (χ3n) is 3.39. The summed E-state index contributed by atoms with van der Waals surface area (Å²) in [6, 6.07) is 10.3. The highest BCUT2D eigenvalue weighted by Crippen LogP contribution is 2.25. The number of nitrogens with two attached hydrogens (primary N) is 1. The Morgan fingerprint density at radius 1 is 1.37 bits per heavy atom. The van der Waals surface area contributed by atoms with E-state index < -0.39 is 0 Å². The van der Waals surface area contributed by atoms with Gasteiger partial charge in [-0.05, 0) is 31.2 Å². The quantitative estimate of drug-likeness (QED) is 0.818. The molecule has 1 aromatic carbocycles. The molecule has 2 atom stereocenters. The predicted octanol–water partition coefficient (Wildman–Crippen LogP) is 2.32. The van der Waals surface area contributed by atoms with Gasteiger partial charge in [0.15, 0.2) is 0 Å². The van der Waals surface area contributed by atoms with Crippen LogP contribution in [0.2, 0.25) is 0 Å². The molecule has 4 heteroatoms. The van der Waals surface area contributed by atoms with Gasteiger partial charge in [0, 0.05) is 25.0 Å². The van der Waals surface area contributed by atoms with Crippen LogP contribution in [0.15, 0.2) is 24.3 Å². The molecule has 1 aromatic rings. The topological polar surface area (TPSA) is 62.3 Å². The largest absolute Gasteiger partial charge is 0.497 e. The first-order chi connectivity index (χ1) is 9.13. The monoisotopic (exact) mass is 261 g/mol. The van der Waals surface area contributed by atoms with Gasteiger partial charge in [0.05, 0.1) is 13.2 Å². The van der Waals surface area contributed by atoms with Gasteiger partial charge in [-0.1, -0.05) is 19.1 Å². The smallest absolute Gasteiger partial charge is 0.118 e. The lowest BCUT2D eigenvalue weighted by Gasteiger charge is -2.32. The normalized spacial score (nSPS) is 13.9. The van der Waals surface area contributed by atoms with Crippen LogP contribution >= 0.6 is 0 Å². The summed E-state index contributed by atoms with van der Waals surface area (Å²) in [5.74, 6) is 0.840. The number of benzene rings is 1. The molecule has 0 saturated carbocycles. The Balaban J connectivity index is 2.92. The van der Waals surface area contributed by atoms with Crippen molar-refractivity contribution in [2.45, 2.75) is 31.8 Å². The standard InChI is InChI=1S/C15H23N3O/c1-4-14(17)15(18(2)11-5-10-16)12-6-8-13(19-3)9-7-12/h6-9,14-15H,4-5,11,17H2,1-3H3. The van der Waals surface area contributed by atoms with E-state index in [2.05, 4.69) is 17.9 Å². The van der Waals surface area contributed by atoms with E-state index >= 15 is 0 Å². The minimum Gasteiger partial charge on any atom is -0.497 e. The molecule has 0 saturated heterocycles. The van der Waals surface area contributed by atoms with Gasteiger partial charge < -0.3 is 10.5 Å². The molecular weight excluding hydrogens is 238 g/mol. The van der Waals surface area contributed by atoms with E-state index in [1.807, 2.05) is 31.3 Å². The minimum atomic E-state index is 0.0529. The molecule has 0 radical (unpaired) electrons. The van der Waals surface area contributed by atoms with E-state index in [1.165, 1.54) is 0 Å². The second kappa shape index (κ2) is 7.78. The number of nitrogens with zero attached hydrogens (tertiary/aromatic N) is 2. The van der Waals surface area contributed by atoms with Gasteiger partial charge in [0.2, 0.25) is 0 Å². The Hall–Kier alpha value is -1.57. The molecule has 104 valence electrons. The molecule has 0 spiro atoms. The van der Waals surface area contributed by atoms with Gasteiger partial charge in [-0.15, -0.1) is 0 Å². The van der Waals surface area contributed by atoms with Crippen LogP contribution in [0, 0.1) is 11.3 Å². The summed E-state index contributed by atoms with van der Waals surface area (Å²) >= 11 is 0. The lowest BCUT2D eigenvalue weighted by molar-refractivity contribution is 0.214. The number of ether oxygens (including phenoxy) is 1. The van der Waals surface area contributed by atoms with Crippen molar-refractivity contribution in [1.29, 1.82) is 5.26 Å². The Morgan fingerprint density at radius 3 is 2.47 bits per heavy atom. The highest BCUT2D eigenvalue weighted by molar-refractivity contribution is 5.30. The van der Waals surface area contributed by atoms with Crippen LogP contribution in [0.25, 0.3) is 0 Å². The van der Waals surface area contributed by atoms with Gasteiger partial charge in [0.1, 0.15) is 5.75 Å². The Labute approximate surface area is 115 Å². The SMILES string of the molecule is CCC(N)C(c1ccc(OC)cc1)N(C)CCC#N. The van der Waals surface area contributed by atoms with Crippen molar-refractivity contribution in [3.8, 4) is 11.8 Å². The zero-order chi connectivity index (χ0) is 14.3. The van der Waals surface area contributed by atoms with Crippen LogP contribution in [0.5, 0.6) is 5.75 Å². The van der Waals surface area contributed by atoms with Crippen LogP contribution in [-0.2, 0) is 0 Å². The number of hydrogen-bond acceptors (Lipinski definition) is 4. The highest BCUT2D eigenvalue weighted by atomic mass is 16.5. The molecule has 0 fully saturated rings. The Morgan fingerprint density at radius 2 is 2.00 bits per heavy atom. The zero-order valence-electron chi connectivity index (χ0n) is 12.0. The molecular formula is C15H23N3O. The van der Waals surface area contributed by atoms with Gasteiger partial charge in [-0.2, -0.15) is 5.26 Å². The van der Waals surface area contributed by atoms with Gasteiger partial charge >= 0.3 is 0 Å².